The van der Waals surface area contributed by atoms with Gasteiger partial charge in [-0.05, 0) is 55.8 Å². The molecule has 7 nitrogen and oxygen atoms in total. The van der Waals surface area contributed by atoms with Crippen LogP contribution in [0, 0.1) is 5.92 Å². The summed E-state index contributed by atoms with van der Waals surface area (Å²) in [7, 11) is 0. The molecule has 1 aromatic carbocycles. The Labute approximate surface area is 164 Å². The summed E-state index contributed by atoms with van der Waals surface area (Å²) in [5.41, 5.74) is 2.08. The molecular weight excluding hydrogens is 356 g/mol. The van der Waals surface area contributed by atoms with Crippen LogP contribution in [0.1, 0.15) is 36.2 Å². The maximum Gasteiger partial charge on any atom is 0.251 e. The van der Waals surface area contributed by atoms with Gasteiger partial charge in [0.1, 0.15) is 0 Å². The van der Waals surface area contributed by atoms with Crippen LogP contribution in [0.4, 0.5) is 5.69 Å². The van der Waals surface area contributed by atoms with Gasteiger partial charge >= 0.3 is 0 Å². The van der Waals surface area contributed by atoms with Gasteiger partial charge in [0.05, 0.1) is 5.92 Å². The topological polar surface area (TPSA) is 91.4 Å². The number of amides is 3. The third kappa shape index (κ3) is 4.73. The highest BCUT2D eigenvalue weighted by atomic mass is 16.2. The fourth-order valence-corrected chi connectivity index (χ4v) is 3.14. The zero-order valence-corrected chi connectivity index (χ0v) is 16.0. The van der Waals surface area contributed by atoms with E-state index >= 15 is 0 Å². The minimum atomic E-state index is -0.349. The van der Waals surface area contributed by atoms with Crippen LogP contribution in [-0.4, -0.2) is 40.2 Å². The first-order valence-electron chi connectivity index (χ1n) is 9.31. The summed E-state index contributed by atoms with van der Waals surface area (Å²) in [5.74, 6) is -0.704. The van der Waals surface area contributed by atoms with Crippen molar-refractivity contribution in [3.63, 3.8) is 0 Å². The summed E-state index contributed by atoms with van der Waals surface area (Å²) >= 11 is 0. The average Bonchev–Trinajstić information content (AvgIpc) is 3.10. The average molecular weight is 380 g/mol. The van der Waals surface area contributed by atoms with Crippen LogP contribution in [-0.2, 0) is 16.1 Å². The summed E-state index contributed by atoms with van der Waals surface area (Å²) in [4.78, 5) is 42.3. The molecule has 0 radical (unpaired) electrons. The molecule has 1 aromatic heterocycles. The predicted molar refractivity (Wildman–Crippen MR) is 105 cm³/mol. The van der Waals surface area contributed by atoms with Gasteiger partial charge < -0.3 is 15.5 Å². The Hall–Kier alpha value is -3.22. The van der Waals surface area contributed by atoms with Crippen molar-refractivity contribution in [2.45, 2.75) is 32.9 Å². The van der Waals surface area contributed by atoms with Gasteiger partial charge in [-0.25, -0.2) is 0 Å². The number of hydrogen-bond donors (Lipinski definition) is 2. The fourth-order valence-electron chi connectivity index (χ4n) is 3.14. The van der Waals surface area contributed by atoms with Gasteiger partial charge in [-0.15, -0.1) is 0 Å². The van der Waals surface area contributed by atoms with Gasteiger partial charge in [0.25, 0.3) is 5.91 Å². The molecule has 1 atom stereocenters. The van der Waals surface area contributed by atoms with Crippen molar-refractivity contribution >= 4 is 23.4 Å². The van der Waals surface area contributed by atoms with Gasteiger partial charge in [0.2, 0.25) is 11.8 Å². The summed E-state index contributed by atoms with van der Waals surface area (Å²) in [6, 6.07) is 10.5. The van der Waals surface area contributed by atoms with E-state index in [9.17, 15) is 14.4 Å². The molecule has 2 aromatic rings. The standard InChI is InChI=1S/C21H24N4O3/c1-14(2)25-13-17(11-19(25)26)21(28)24-18-5-3-16(4-6-18)20(27)23-12-15-7-9-22-10-8-15/h3-10,14,17H,11-13H2,1-2H3,(H,23,27)(H,24,28). The largest absolute Gasteiger partial charge is 0.348 e. The number of likely N-dealkylation sites (tertiary alicyclic amines) is 1. The van der Waals surface area contributed by atoms with Crippen LogP contribution in [0.15, 0.2) is 48.8 Å². The zero-order chi connectivity index (χ0) is 20.1. The number of anilines is 1. The van der Waals surface area contributed by atoms with Crippen LogP contribution >= 0.6 is 0 Å². The van der Waals surface area contributed by atoms with E-state index in [1.165, 1.54) is 0 Å². The SMILES string of the molecule is CC(C)N1CC(C(=O)Nc2ccc(C(=O)NCc3ccncc3)cc2)CC1=O. The number of nitrogens with one attached hydrogen (secondary N) is 2. The first-order valence-corrected chi connectivity index (χ1v) is 9.31. The number of nitrogens with zero attached hydrogens (tertiary/aromatic N) is 2. The molecule has 0 saturated carbocycles. The van der Waals surface area contributed by atoms with Crippen molar-refractivity contribution < 1.29 is 14.4 Å². The Morgan fingerprint density at radius 1 is 1.14 bits per heavy atom. The van der Waals surface area contributed by atoms with E-state index in [4.69, 9.17) is 0 Å². The highest BCUT2D eigenvalue weighted by Gasteiger charge is 2.35. The van der Waals surface area contributed by atoms with E-state index in [1.807, 2.05) is 26.0 Å². The second kappa shape index (κ2) is 8.65. The number of carbonyl (C=O) groups is 3. The van der Waals surface area contributed by atoms with Crippen LogP contribution in [0.5, 0.6) is 0 Å². The molecule has 0 bridgehead atoms. The molecule has 0 spiro atoms. The Bertz CT molecular complexity index is 850. The van der Waals surface area contributed by atoms with Gasteiger partial charge in [0.15, 0.2) is 0 Å². The minimum Gasteiger partial charge on any atom is -0.348 e. The van der Waals surface area contributed by atoms with Crippen LogP contribution in [0.3, 0.4) is 0 Å². The lowest BCUT2D eigenvalue weighted by molar-refractivity contribution is -0.129. The number of hydrogen-bond acceptors (Lipinski definition) is 4. The first-order chi connectivity index (χ1) is 13.4. The van der Waals surface area contributed by atoms with Gasteiger partial charge in [0, 0.05) is 49.2 Å². The quantitative estimate of drug-likeness (QED) is 0.804. The van der Waals surface area contributed by atoms with E-state index in [2.05, 4.69) is 15.6 Å². The number of benzene rings is 1. The number of rotatable bonds is 6. The van der Waals surface area contributed by atoms with Gasteiger partial charge in [-0.3, -0.25) is 19.4 Å². The Morgan fingerprint density at radius 3 is 2.43 bits per heavy atom. The Balaban J connectivity index is 1.53. The van der Waals surface area contributed by atoms with E-state index in [-0.39, 0.29) is 36.1 Å². The molecule has 1 saturated heterocycles. The van der Waals surface area contributed by atoms with Crippen molar-refractivity contribution in [1.82, 2.24) is 15.2 Å². The molecule has 146 valence electrons. The first kappa shape index (κ1) is 19.5. The summed E-state index contributed by atoms with van der Waals surface area (Å²) in [6.45, 7) is 4.74. The lowest BCUT2D eigenvalue weighted by atomic mass is 10.1. The predicted octanol–water partition coefficient (Wildman–Crippen LogP) is 2.21. The van der Waals surface area contributed by atoms with Crippen LogP contribution in [0.25, 0.3) is 0 Å². The number of carbonyl (C=O) groups excluding carboxylic acids is 3. The molecule has 28 heavy (non-hydrogen) atoms. The van der Waals surface area contributed by atoms with Crippen molar-refractivity contribution in [1.29, 1.82) is 0 Å². The normalized spacial score (nSPS) is 16.3. The Morgan fingerprint density at radius 2 is 1.82 bits per heavy atom. The minimum absolute atomic E-state index is 0.0105. The zero-order valence-electron chi connectivity index (χ0n) is 16.0. The third-order valence-corrected chi connectivity index (χ3v) is 4.77. The molecule has 1 aliphatic heterocycles. The monoisotopic (exact) mass is 380 g/mol. The lowest BCUT2D eigenvalue weighted by Crippen LogP contribution is -2.33. The molecule has 3 rings (SSSR count). The second-order valence-electron chi connectivity index (χ2n) is 7.15. The lowest BCUT2D eigenvalue weighted by Gasteiger charge is -2.20. The molecule has 1 aliphatic rings. The van der Waals surface area contributed by atoms with E-state index in [0.717, 1.165) is 5.56 Å². The number of aromatic nitrogens is 1. The smallest absolute Gasteiger partial charge is 0.251 e. The van der Waals surface area contributed by atoms with Crippen molar-refractivity contribution in [2.75, 3.05) is 11.9 Å². The summed E-state index contributed by atoms with van der Waals surface area (Å²) in [5, 5.41) is 5.67. The molecule has 1 fully saturated rings. The summed E-state index contributed by atoms with van der Waals surface area (Å²) in [6.07, 6.45) is 3.59. The van der Waals surface area contributed by atoms with E-state index < -0.39 is 0 Å². The second-order valence-corrected chi connectivity index (χ2v) is 7.15. The fraction of sp³-hybridized carbons (Fsp3) is 0.333. The van der Waals surface area contributed by atoms with E-state index in [0.29, 0.717) is 24.3 Å². The highest BCUT2D eigenvalue weighted by molar-refractivity contribution is 5.98. The Kier molecular flexibility index (Phi) is 6.03. The van der Waals surface area contributed by atoms with Gasteiger partial charge in [-0.2, -0.15) is 0 Å². The maximum absolute atomic E-state index is 12.4. The number of pyridine rings is 1. The van der Waals surface area contributed by atoms with Crippen molar-refractivity contribution in [3.8, 4) is 0 Å². The molecule has 1 unspecified atom stereocenters. The maximum atomic E-state index is 12.4. The molecule has 7 heteroatoms. The summed E-state index contributed by atoms with van der Waals surface area (Å²) < 4.78 is 0. The molecule has 3 amide bonds. The molecular formula is C21H24N4O3. The van der Waals surface area contributed by atoms with E-state index in [1.54, 1.807) is 41.6 Å². The highest BCUT2D eigenvalue weighted by Crippen LogP contribution is 2.22. The molecule has 2 N–H and O–H groups in total. The molecule has 0 aliphatic carbocycles. The van der Waals surface area contributed by atoms with Crippen molar-refractivity contribution in [2.24, 2.45) is 5.92 Å². The van der Waals surface area contributed by atoms with Gasteiger partial charge in [-0.1, -0.05) is 0 Å². The molecule has 2 heterocycles. The van der Waals surface area contributed by atoms with Crippen LogP contribution in [0.2, 0.25) is 0 Å². The van der Waals surface area contributed by atoms with Crippen LogP contribution < -0.4 is 10.6 Å². The van der Waals surface area contributed by atoms with Crippen molar-refractivity contribution in [3.05, 3.63) is 59.9 Å². The third-order valence-electron chi connectivity index (χ3n) is 4.77.